The molecular formula is C13H24N4S. The molecule has 2 unspecified atom stereocenters. The van der Waals surface area contributed by atoms with Crippen molar-refractivity contribution in [3.05, 3.63) is 5.82 Å². The molecule has 4 nitrogen and oxygen atoms in total. The summed E-state index contributed by atoms with van der Waals surface area (Å²) >= 11 is 1.46. The smallest absolute Gasteiger partial charge is 0.203 e. The topological polar surface area (TPSA) is 63.8 Å². The first-order chi connectivity index (χ1) is 8.57. The van der Waals surface area contributed by atoms with E-state index in [4.69, 9.17) is 5.73 Å². The van der Waals surface area contributed by atoms with Gasteiger partial charge in [0.2, 0.25) is 5.13 Å². The number of hydrogen-bond donors (Lipinski definition) is 2. The third-order valence-electron chi connectivity index (χ3n) is 4.13. The Morgan fingerprint density at radius 2 is 2.28 bits per heavy atom. The number of nitrogens with one attached hydrogen (secondary N) is 1. The van der Waals surface area contributed by atoms with Gasteiger partial charge in [-0.15, -0.1) is 0 Å². The van der Waals surface area contributed by atoms with Gasteiger partial charge < -0.3 is 11.1 Å². The average molecular weight is 268 g/mol. The van der Waals surface area contributed by atoms with Crippen molar-refractivity contribution >= 4 is 16.7 Å². The third kappa shape index (κ3) is 2.67. The van der Waals surface area contributed by atoms with Crippen LogP contribution in [0.15, 0.2) is 0 Å². The van der Waals surface area contributed by atoms with E-state index < -0.39 is 0 Å². The highest BCUT2D eigenvalue weighted by molar-refractivity contribution is 7.09. The molecule has 1 heterocycles. The average Bonchev–Trinajstić information content (AvgIpc) is 2.81. The summed E-state index contributed by atoms with van der Waals surface area (Å²) in [6.45, 7) is 7.20. The van der Waals surface area contributed by atoms with E-state index in [-0.39, 0.29) is 5.54 Å². The zero-order valence-corrected chi connectivity index (χ0v) is 12.4. The number of hydrogen-bond acceptors (Lipinski definition) is 5. The molecule has 1 aliphatic rings. The summed E-state index contributed by atoms with van der Waals surface area (Å²) in [4.78, 5) is 4.57. The van der Waals surface area contributed by atoms with Crippen molar-refractivity contribution in [3.63, 3.8) is 0 Å². The number of nitrogens with two attached hydrogens (primary N) is 1. The largest absolute Gasteiger partial charge is 0.353 e. The van der Waals surface area contributed by atoms with Crippen LogP contribution in [0.3, 0.4) is 0 Å². The molecule has 0 aliphatic heterocycles. The van der Waals surface area contributed by atoms with Gasteiger partial charge in [0.05, 0.1) is 5.54 Å². The Morgan fingerprint density at radius 3 is 2.83 bits per heavy atom. The lowest BCUT2D eigenvalue weighted by Crippen LogP contribution is -2.52. The lowest BCUT2D eigenvalue weighted by Gasteiger charge is -2.42. The predicted octanol–water partition coefficient (Wildman–Crippen LogP) is 2.98. The van der Waals surface area contributed by atoms with Crippen LogP contribution in [0.25, 0.3) is 0 Å². The molecule has 0 radical (unpaired) electrons. The first-order valence-electron chi connectivity index (χ1n) is 6.89. The van der Waals surface area contributed by atoms with Crippen LogP contribution < -0.4 is 11.1 Å². The van der Waals surface area contributed by atoms with E-state index in [9.17, 15) is 0 Å². The first-order valence-corrected chi connectivity index (χ1v) is 7.66. The summed E-state index contributed by atoms with van der Waals surface area (Å²) in [5.41, 5.74) is 6.06. The summed E-state index contributed by atoms with van der Waals surface area (Å²) < 4.78 is 4.40. The highest BCUT2D eigenvalue weighted by atomic mass is 32.1. The zero-order chi connectivity index (χ0) is 13.2. The highest BCUT2D eigenvalue weighted by Crippen LogP contribution is 2.36. The van der Waals surface area contributed by atoms with Crippen molar-refractivity contribution < 1.29 is 0 Å². The van der Waals surface area contributed by atoms with E-state index in [1.807, 2.05) is 0 Å². The standard InChI is InChI=1S/C13H24N4S/c1-9(2)11-15-12(18-17-11)16-13(8-14)7-5-4-6-10(13)3/h9-10H,4-8,14H2,1-3H3,(H,15,16,17). The lowest BCUT2D eigenvalue weighted by molar-refractivity contribution is 0.235. The van der Waals surface area contributed by atoms with Gasteiger partial charge in [-0.2, -0.15) is 4.37 Å². The number of nitrogens with zero attached hydrogens (tertiary/aromatic N) is 2. The molecule has 1 aliphatic carbocycles. The molecule has 3 N–H and O–H groups in total. The third-order valence-corrected chi connectivity index (χ3v) is 4.78. The summed E-state index contributed by atoms with van der Waals surface area (Å²) in [7, 11) is 0. The minimum atomic E-state index is 0.0199. The Morgan fingerprint density at radius 1 is 1.50 bits per heavy atom. The van der Waals surface area contributed by atoms with Crippen LogP contribution >= 0.6 is 11.5 Å². The van der Waals surface area contributed by atoms with Gasteiger partial charge in [0.15, 0.2) is 0 Å². The second kappa shape index (κ2) is 5.53. The molecule has 102 valence electrons. The maximum atomic E-state index is 6.04. The summed E-state index contributed by atoms with van der Waals surface area (Å²) in [6, 6.07) is 0. The quantitative estimate of drug-likeness (QED) is 0.881. The number of rotatable bonds is 4. The fourth-order valence-electron chi connectivity index (χ4n) is 2.69. The Balaban J connectivity index is 2.13. The van der Waals surface area contributed by atoms with Crippen molar-refractivity contribution in [2.75, 3.05) is 11.9 Å². The van der Waals surface area contributed by atoms with Crippen LogP contribution in [0.5, 0.6) is 0 Å². The Kier molecular flexibility index (Phi) is 4.22. The van der Waals surface area contributed by atoms with Gasteiger partial charge in [-0.05, 0) is 18.8 Å². The monoisotopic (exact) mass is 268 g/mol. The van der Waals surface area contributed by atoms with Gasteiger partial charge in [0.25, 0.3) is 0 Å². The molecule has 1 fully saturated rings. The molecular weight excluding hydrogens is 244 g/mol. The highest BCUT2D eigenvalue weighted by Gasteiger charge is 2.37. The number of anilines is 1. The summed E-state index contributed by atoms with van der Waals surface area (Å²) in [6.07, 6.45) is 4.96. The first kappa shape index (κ1) is 13.7. The van der Waals surface area contributed by atoms with E-state index in [1.54, 1.807) is 0 Å². The van der Waals surface area contributed by atoms with Crippen LogP contribution in [0, 0.1) is 5.92 Å². The molecule has 1 aromatic rings. The molecule has 0 spiro atoms. The predicted molar refractivity (Wildman–Crippen MR) is 77.0 cm³/mol. The molecule has 1 aromatic heterocycles. The minimum Gasteiger partial charge on any atom is -0.353 e. The molecule has 1 saturated carbocycles. The Labute approximate surface area is 114 Å². The fourth-order valence-corrected chi connectivity index (χ4v) is 3.50. The fraction of sp³-hybridized carbons (Fsp3) is 0.846. The van der Waals surface area contributed by atoms with Crippen LogP contribution in [0.1, 0.15) is 58.2 Å². The normalized spacial score (nSPS) is 28.6. The Hall–Kier alpha value is -0.680. The molecule has 0 aromatic carbocycles. The van der Waals surface area contributed by atoms with Crippen molar-refractivity contribution in [3.8, 4) is 0 Å². The molecule has 18 heavy (non-hydrogen) atoms. The molecule has 5 heteroatoms. The van der Waals surface area contributed by atoms with Crippen molar-refractivity contribution in [2.24, 2.45) is 11.7 Å². The molecule has 0 saturated heterocycles. The van der Waals surface area contributed by atoms with Crippen LogP contribution in [-0.2, 0) is 0 Å². The zero-order valence-electron chi connectivity index (χ0n) is 11.6. The second-order valence-electron chi connectivity index (χ2n) is 5.74. The van der Waals surface area contributed by atoms with Gasteiger partial charge in [0.1, 0.15) is 5.82 Å². The molecule has 0 bridgehead atoms. The van der Waals surface area contributed by atoms with E-state index in [1.165, 1.54) is 30.8 Å². The van der Waals surface area contributed by atoms with Gasteiger partial charge in [-0.25, -0.2) is 4.98 Å². The van der Waals surface area contributed by atoms with Gasteiger partial charge in [-0.3, -0.25) is 0 Å². The maximum absolute atomic E-state index is 6.04. The second-order valence-corrected chi connectivity index (χ2v) is 6.50. The van der Waals surface area contributed by atoms with Gasteiger partial charge in [-0.1, -0.05) is 33.6 Å². The van der Waals surface area contributed by atoms with Crippen molar-refractivity contribution in [1.82, 2.24) is 9.36 Å². The Bertz CT molecular complexity index is 390. The van der Waals surface area contributed by atoms with Crippen LogP contribution in [0.4, 0.5) is 5.13 Å². The van der Waals surface area contributed by atoms with E-state index >= 15 is 0 Å². The SMILES string of the molecule is CC(C)c1nsc(NC2(CN)CCCCC2C)n1. The van der Waals surface area contributed by atoms with E-state index in [0.717, 1.165) is 17.4 Å². The minimum absolute atomic E-state index is 0.0199. The van der Waals surface area contributed by atoms with Crippen LogP contribution in [-0.4, -0.2) is 21.4 Å². The van der Waals surface area contributed by atoms with E-state index in [2.05, 4.69) is 35.4 Å². The molecule has 0 amide bonds. The number of aromatic nitrogens is 2. The van der Waals surface area contributed by atoms with Crippen molar-refractivity contribution in [1.29, 1.82) is 0 Å². The summed E-state index contributed by atoms with van der Waals surface area (Å²) in [5.74, 6) is 1.91. The summed E-state index contributed by atoms with van der Waals surface area (Å²) in [5, 5.41) is 4.52. The molecule has 2 atom stereocenters. The van der Waals surface area contributed by atoms with E-state index in [0.29, 0.717) is 18.4 Å². The van der Waals surface area contributed by atoms with Crippen molar-refractivity contribution in [2.45, 2.75) is 57.9 Å². The lowest BCUT2D eigenvalue weighted by atomic mass is 9.74. The van der Waals surface area contributed by atoms with Crippen LogP contribution in [0.2, 0.25) is 0 Å². The molecule has 2 rings (SSSR count). The van der Waals surface area contributed by atoms with Gasteiger partial charge in [0, 0.05) is 24.0 Å². The maximum Gasteiger partial charge on any atom is 0.203 e. The van der Waals surface area contributed by atoms with Gasteiger partial charge >= 0.3 is 0 Å².